The molecule has 1 atom stereocenters. The predicted molar refractivity (Wildman–Crippen MR) is 105 cm³/mol. The Bertz CT molecular complexity index is 999. The molecule has 0 N–H and O–H groups in total. The van der Waals surface area contributed by atoms with E-state index in [0.29, 0.717) is 17.6 Å². The standard InChI is InChI=1S/C23H22N2O2/c1-26-21-9-5-4-8-20(21)23-24-22(25-27-23)17-11-13-19-16(14-17)10-12-18(19)15-6-2-3-7-15/h4-5,8-15,18H,2-3,6-7H2,1H3. The second kappa shape index (κ2) is 6.69. The lowest BCUT2D eigenvalue weighted by molar-refractivity contribution is 0.405. The lowest BCUT2D eigenvalue weighted by atomic mass is 9.86. The van der Waals surface area contributed by atoms with Gasteiger partial charge in [0.1, 0.15) is 5.75 Å². The summed E-state index contributed by atoms with van der Waals surface area (Å²) in [6.07, 6.45) is 10.1. The molecule has 0 radical (unpaired) electrons. The minimum atomic E-state index is 0.474. The largest absolute Gasteiger partial charge is 0.496 e. The molecule has 2 aromatic carbocycles. The van der Waals surface area contributed by atoms with E-state index in [4.69, 9.17) is 9.26 Å². The van der Waals surface area contributed by atoms with Crippen LogP contribution in [0.3, 0.4) is 0 Å². The second-order valence-corrected chi connectivity index (χ2v) is 7.40. The Balaban J connectivity index is 1.45. The molecule has 0 bridgehead atoms. The highest BCUT2D eigenvalue weighted by Gasteiger charge is 2.28. The molecule has 5 rings (SSSR count). The van der Waals surface area contributed by atoms with E-state index >= 15 is 0 Å². The minimum Gasteiger partial charge on any atom is -0.496 e. The first-order valence-corrected chi connectivity index (χ1v) is 9.63. The molecule has 0 spiro atoms. The molecule has 0 aliphatic heterocycles. The van der Waals surface area contributed by atoms with Gasteiger partial charge in [-0.2, -0.15) is 4.98 Å². The predicted octanol–water partition coefficient (Wildman–Crippen LogP) is 5.71. The van der Waals surface area contributed by atoms with Crippen LogP contribution in [0.2, 0.25) is 0 Å². The van der Waals surface area contributed by atoms with Crippen LogP contribution in [0.1, 0.15) is 42.7 Å². The SMILES string of the molecule is COc1ccccc1-c1nc(-c2ccc3c(c2)C=CC3C2CCCC2)no1. The molecule has 4 heteroatoms. The number of benzene rings is 2. The number of ether oxygens (including phenoxy) is 1. The summed E-state index contributed by atoms with van der Waals surface area (Å²) in [7, 11) is 1.64. The molecule has 1 unspecified atom stereocenters. The average molecular weight is 358 g/mol. The van der Waals surface area contributed by atoms with E-state index in [2.05, 4.69) is 40.5 Å². The topological polar surface area (TPSA) is 48.2 Å². The average Bonchev–Trinajstić information content (AvgIpc) is 3.47. The summed E-state index contributed by atoms with van der Waals surface area (Å²) in [6, 6.07) is 14.2. The first-order chi connectivity index (χ1) is 13.3. The molecular weight excluding hydrogens is 336 g/mol. The Morgan fingerprint density at radius 3 is 2.78 bits per heavy atom. The van der Waals surface area contributed by atoms with E-state index in [1.165, 1.54) is 36.8 Å². The number of hydrogen-bond acceptors (Lipinski definition) is 4. The number of rotatable bonds is 4. The van der Waals surface area contributed by atoms with Crippen molar-refractivity contribution >= 4 is 6.08 Å². The highest BCUT2D eigenvalue weighted by atomic mass is 16.5. The Morgan fingerprint density at radius 1 is 1.07 bits per heavy atom. The monoisotopic (exact) mass is 358 g/mol. The van der Waals surface area contributed by atoms with E-state index in [9.17, 15) is 0 Å². The van der Waals surface area contributed by atoms with Crippen molar-refractivity contribution in [2.24, 2.45) is 5.92 Å². The maximum absolute atomic E-state index is 5.51. The smallest absolute Gasteiger partial charge is 0.262 e. The van der Waals surface area contributed by atoms with Gasteiger partial charge in [-0.25, -0.2) is 0 Å². The summed E-state index contributed by atoms with van der Waals surface area (Å²) in [6.45, 7) is 0. The van der Waals surface area contributed by atoms with Crippen molar-refractivity contribution in [3.63, 3.8) is 0 Å². The molecule has 0 saturated heterocycles. The third-order valence-electron chi connectivity index (χ3n) is 5.86. The van der Waals surface area contributed by atoms with E-state index < -0.39 is 0 Å². The molecule has 136 valence electrons. The first-order valence-electron chi connectivity index (χ1n) is 9.63. The summed E-state index contributed by atoms with van der Waals surface area (Å²) in [5, 5.41) is 4.19. The fourth-order valence-electron chi connectivity index (χ4n) is 4.47. The zero-order valence-corrected chi connectivity index (χ0v) is 15.4. The van der Waals surface area contributed by atoms with Crippen molar-refractivity contribution in [3.05, 3.63) is 59.7 Å². The lowest BCUT2D eigenvalue weighted by Crippen LogP contribution is -2.05. The third kappa shape index (κ3) is 2.85. The summed E-state index contributed by atoms with van der Waals surface area (Å²) in [4.78, 5) is 4.60. The van der Waals surface area contributed by atoms with Crippen molar-refractivity contribution in [1.29, 1.82) is 0 Å². The maximum Gasteiger partial charge on any atom is 0.262 e. The van der Waals surface area contributed by atoms with Crippen molar-refractivity contribution < 1.29 is 9.26 Å². The number of fused-ring (bicyclic) bond motifs is 1. The van der Waals surface area contributed by atoms with Crippen LogP contribution in [0, 0.1) is 5.92 Å². The van der Waals surface area contributed by atoms with Crippen molar-refractivity contribution in [1.82, 2.24) is 10.1 Å². The van der Waals surface area contributed by atoms with Gasteiger partial charge in [0.05, 0.1) is 12.7 Å². The van der Waals surface area contributed by atoms with Gasteiger partial charge >= 0.3 is 0 Å². The Morgan fingerprint density at radius 2 is 1.93 bits per heavy atom. The van der Waals surface area contributed by atoms with Gasteiger partial charge in [-0.1, -0.05) is 54.4 Å². The number of aromatic nitrogens is 2. The van der Waals surface area contributed by atoms with E-state index in [0.717, 1.165) is 22.8 Å². The Labute approximate surface area is 158 Å². The van der Waals surface area contributed by atoms with Crippen LogP contribution in [-0.4, -0.2) is 17.3 Å². The second-order valence-electron chi connectivity index (χ2n) is 7.40. The minimum absolute atomic E-state index is 0.474. The van der Waals surface area contributed by atoms with Crippen LogP contribution in [-0.2, 0) is 0 Å². The van der Waals surface area contributed by atoms with Crippen LogP contribution in [0.4, 0.5) is 0 Å². The van der Waals surface area contributed by atoms with Crippen LogP contribution >= 0.6 is 0 Å². The molecule has 3 aromatic rings. The maximum atomic E-state index is 5.51. The van der Waals surface area contributed by atoms with Crippen molar-refractivity contribution in [2.45, 2.75) is 31.6 Å². The van der Waals surface area contributed by atoms with Gasteiger partial charge in [0.15, 0.2) is 0 Å². The highest BCUT2D eigenvalue weighted by molar-refractivity contribution is 5.70. The molecule has 1 aromatic heterocycles. The zero-order valence-electron chi connectivity index (χ0n) is 15.4. The van der Waals surface area contributed by atoms with Crippen LogP contribution in [0.15, 0.2) is 53.1 Å². The summed E-state index contributed by atoms with van der Waals surface area (Å²) < 4.78 is 10.9. The molecule has 1 fully saturated rings. The molecule has 1 heterocycles. The van der Waals surface area contributed by atoms with E-state index in [-0.39, 0.29) is 0 Å². The van der Waals surface area contributed by atoms with Crippen LogP contribution < -0.4 is 4.74 Å². The van der Waals surface area contributed by atoms with E-state index in [1.54, 1.807) is 7.11 Å². The summed E-state index contributed by atoms with van der Waals surface area (Å²) >= 11 is 0. The number of nitrogens with zero attached hydrogens (tertiary/aromatic N) is 2. The lowest BCUT2D eigenvalue weighted by Gasteiger charge is -2.18. The Hall–Kier alpha value is -2.88. The fourth-order valence-corrected chi connectivity index (χ4v) is 4.47. The molecule has 1 saturated carbocycles. The van der Waals surface area contributed by atoms with Crippen molar-refractivity contribution in [3.8, 4) is 28.6 Å². The van der Waals surface area contributed by atoms with Crippen LogP contribution in [0.5, 0.6) is 5.75 Å². The van der Waals surface area contributed by atoms with Crippen molar-refractivity contribution in [2.75, 3.05) is 7.11 Å². The number of methoxy groups -OCH3 is 1. The normalized spacial score (nSPS) is 18.8. The van der Waals surface area contributed by atoms with Gasteiger partial charge in [-0.3, -0.25) is 0 Å². The van der Waals surface area contributed by atoms with Gasteiger partial charge < -0.3 is 9.26 Å². The molecular formula is C23H22N2O2. The molecule has 4 nitrogen and oxygen atoms in total. The highest BCUT2D eigenvalue weighted by Crippen LogP contribution is 2.43. The Kier molecular flexibility index (Phi) is 4.04. The quantitative estimate of drug-likeness (QED) is 0.599. The third-order valence-corrected chi connectivity index (χ3v) is 5.86. The molecule has 2 aliphatic carbocycles. The summed E-state index contributed by atoms with van der Waals surface area (Å²) in [5.41, 5.74) is 4.52. The molecule has 2 aliphatic rings. The van der Waals surface area contributed by atoms with E-state index in [1.807, 2.05) is 24.3 Å². The van der Waals surface area contributed by atoms with Gasteiger partial charge in [0, 0.05) is 11.5 Å². The van der Waals surface area contributed by atoms with Gasteiger partial charge in [0.2, 0.25) is 5.82 Å². The fraction of sp³-hybridized carbons (Fsp3) is 0.304. The summed E-state index contributed by atoms with van der Waals surface area (Å²) in [5.74, 6) is 3.18. The first kappa shape index (κ1) is 16.3. The zero-order chi connectivity index (χ0) is 18.2. The molecule has 0 amide bonds. The number of para-hydroxylation sites is 1. The van der Waals surface area contributed by atoms with Gasteiger partial charge in [0.25, 0.3) is 5.89 Å². The number of hydrogen-bond donors (Lipinski definition) is 0. The molecule has 27 heavy (non-hydrogen) atoms. The number of allylic oxidation sites excluding steroid dienone is 1. The van der Waals surface area contributed by atoms with Gasteiger partial charge in [-0.05, 0) is 48.1 Å². The van der Waals surface area contributed by atoms with Crippen LogP contribution in [0.25, 0.3) is 28.9 Å². The van der Waals surface area contributed by atoms with Gasteiger partial charge in [-0.15, -0.1) is 0 Å².